The quantitative estimate of drug-likeness (QED) is 0.708. The summed E-state index contributed by atoms with van der Waals surface area (Å²) in [5.41, 5.74) is 5.13. The van der Waals surface area contributed by atoms with Crippen molar-refractivity contribution in [1.29, 1.82) is 0 Å². The van der Waals surface area contributed by atoms with Gasteiger partial charge in [-0.1, -0.05) is 42.5 Å². The maximum atomic E-state index is 10.3. The van der Waals surface area contributed by atoms with E-state index in [-0.39, 0.29) is 0 Å². The van der Waals surface area contributed by atoms with Gasteiger partial charge in [0.25, 0.3) is 0 Å². The third-order valence-corrected chi connectivity index (χ3v) is 5.02. The molecule has 0 saturated heterocycles. The van der Waals surface area contributed by atoms with Gasteiger partial charge in [0.1, 0.15) is 31.5 Å². The molecule has 0 amide bonds. The highest BCUT2D eigenvalue weighted by Gasteiger charge is 2.21. The zero-order chi connectivity index (χ0) is 18.4. The molecule has 0 bridgehead atoms. The van der Waals surface area contributed by atoms with Crippen molar-refractivity contribution in [3.63, 3.8) is 0 Å². The molecule has 4 nitrogen and oxygen atoms in total. The number of benzene rings is 2. The van der Waals surface area contributed by atoms with Crippen LogP contribution in [0.4, 0.5) is 0 Å². The second kappa shape index (κ2) is 9.17. The molecule has 1 unspecified atom stereocenters. The molecule has 0 spiro atoms. The smallest absolute Gasteiger partial charge is 0.126 e. The molecule has 2 aromatic carbocycles. The van der Waals surface area contributed by atoms with E-state index in [1.807, 2.05) is 32.0 Å². The molecule has 1 aliphatic heterocycles. The summed E-state index contributed by atoms with van der Waals surface area (Å²) in [7, 11) is 0. The Bertz CT molecular complexity index is 696. The monoisotopic (exact) mass is 356 g/mol. The van der Waals surface area contributed by atoms with Crippen molar-refractivity contribution in [2.75, 3.05) is 32.9 Å². The van der Waals surface area contributed by atoms with E-state index in [0.29, 0.717) is 19.8 Å². The maximum Gasteiger partial charge on any atom is 0.126 e. The van der Waals surface area contributed by atoms with E-state index in [4.69, 9.17) is 9.47 Å². The molecular weight excluding hydrogens is 326 g/mol. The van der Waals surface area contributed by atoms with Crippen LogP contribution in [0.3, 0.4) is 0 Å². The first kappa shape index (κ1) is 18.9. The summed E-state index contributed by atoms with van der Waals surface area (Å²) in [6.45, 7) is 8.24. The number of aliphatic hydroxyl groups excluding tert-OH is 1. The highest BCUT2D eigenvalue weighted by molar-refractivity contribution is 5.39. The van der Waals surface area contributed by atoms with Crippen LogP contribution < -0.4 is 9.64 Å². The van der Waals surface area contributed by atoms with Crippen molar-refractivity contribution < 1.29 is 19.5 Å². The molecule has 0 aliphatic carbocycles. The maximum absolute atomic E-state index is 10.3. The Morgan fingerprint density at radius 2 is 1.73 bits per heavy atom. The molecule has 0 saturated carbocycles. The number of para-hydroxylation sites is 1. The highest BCUT2D eigenvalue weighted by Crippen LogP contribution is 2.22. The zero-order valence-corrected chi connectivity index (χ0v) is 15.8. The number of aliphatic hydroxyl groups is 1. The van der Waals surface area contributed by atoms with Gasteiger partial charge in [-0.3, -0.25) is 0 Å². The van der Waals surface area contributed by atoms with Crippen LogP contribution in [0, 0.1) is 13.8 Å². The van der Waals surface area contributed by atoms with Gasteiger partial charge in [-0.2, -0.15) is 0 Å². The Balaban J connectivity index is 1.34. The van der Waals surface area contributed by atoms with Crippen LogP contribution in [0.25, 0.3) is 0 Å². The first-order valence-electron chi connectivity index (χ1n) is 9.48. The lowest BCUT2D eigenvalue weighted by atomic mass is 10.00. The Kier molecular flexibility index (Phi) is 6.67. The standard InChI is InChI=1S/C22H29NO3/c1-17-6-5-7-18(2)22(17)26-13-12-25-16-21(24)15-23-11-10-19-8-3-4-9-20(19)14-23/h3-9,21,24H,10-16H2,1-2H3/p+1/t21-/m0/s1. The summed E-state index contributed by atoms with van der Waals surface area (Å²) in [6, 6.07) is 14.7. The first-order chi connectivity index (χ1) is 12.6. The van der Waals surface area contributed by atoms with Gasteiger partial charge in [0.15, 0.2) is 0 Å². The van der Waals surface area contributed by atoms with Crippen LogP contribution in [0.1, 0.15) is 22.3 Å². The number of hydrogen-bond acceptors (Lipinski definition) is 3. The summed E-state index contributed by atoms with van der Waals surface area (Å²) in [4.78, 5) is 1.42. The van der Waals surface area contributed by atoms with Gasteiger partial charge < -0.3 is 19.5 Å². The van der Waals surface area contributed by atoms with E-state index in [0.717, 1.165) is 42.9 Å². The highest BCUT2D eigenvalue weighted by atomic mass is 16.5. The van der Waals surface area contributed by atoms with E-state index in [1.54, 1.807) is 0 Å². The van der Waals surface area contributed by atoms with Crippen LogP contribution in [0.15, 0.2) is 42.5 Å². The minimum absolute atomic E-state index is 0.362. The molecule has 3 rings (SSSR count). The second-order valence-electron chi connectivity index (χ2n) is 7.20. The number of quaternary nitrogens is 1. The molecule has 4 heteroatoms. The molecule has 1 aliphatic rings. The predicted molar refractivity (Wildman–Crippen MR) is 103 cm³/mol. The van der Waals surface area contributed by atoms with Gasteiger partial charge in [0.2, 0.25) is 0 Å². The van der Waals surface area contributed by atoms with Crippen LogP contribution in [-0.2, 0) is 17.7 Å². The topological polar surface area (TPSA) is 43.1 Å². The van der Waals surface area contributed by atoms with Gasteiger partial charge >= 0.3 is 0 Å². The predicted octanol–water partition coefficient (Wildman–Crippen LogP) is 1.70. The van der Waals surface area contributed by atoms with Crippen molar-refractivity contribution in [3.8, 4) is 5.75 Å². The molecule has 2 N–H and O–H groups in total. The Labute approximate surface area is 156 Å². The lowest BCUT2D eigenvalue weighted by molar-refractivity contribution is -0.919. The van der Waals surface area contributed by atoms with Crippen LogP contribution in [0.2, 0.25) is 0 Å². The zero-order valence-electron chi connectivity index (χ0n) is 15.8. The fraction of sp³-hybridized carbons (Fsp3) is 0.455. The van der Waals surface area contributed by atoms with Crippen LogP contribution in [-0.4, -0.2) is 44.1 Å². The van der Waals surface area contributed by atoms with Gasteiger partial charge in [0, 0.05) is 12.0 Å². The summed E-state index contributed by atoms with van der Waals surface area (Å²) in [6.07, 6.45) is 0.651. The van der Waals surface area contributed by atoms with Crippen LogP contribution >= 0.6 is 0 Å². The number of rotatable bonds is 8. The molecule has 26 heavy (non-hydrogen) atoms. The van der Waals surface area contributed by atoms with E-state index in [9.17, 15) is 5.11 Å². The molecule has 0 radical (unpaired) electrons. The average Bonchev–Trinajstić information content (AvgIpc) is 2.63. The Hall–Kier alpha value is -1.88. The van der Waals surface area contributed by atoms with Gasteiger partial charge in [-0.15, -0.1) is 0 Å². The minimum atomic E-state index is -0.435. The number of aryl methyl sites for hydroxylation is 2. The van der Waals surface area contributed by atoms with Crippen molar-refractivity contribution in [1.82, 2.24) is 0 Å². The molecule has 0 fully saturated rings. The van der Waals surface area contributed by atoms with Gasteiger partial charge in [0.05, 0.1) is 19.8 Å². The average molecular weight is 356 g/mol. The van der Waals surface area contributed by atoms with E-state index >= 15 is 0 Å². The Morgan fingerprint density at radius 3 is 2.50 bits per heavy atom. The minimum Gasteiger partial charge on any atom is -0.491 e. The van der Waals surface area contributed by atoms with Crippen LogP contribution in [0.5, 0.6) is 5.75 Å². The molecular formula is C22H30NO3+. The Morgan fingerprint density at radius 1 is 1.00 bits per heavy atom. The van der Waals surface area contributed by atoms with Crippen molar-refractivity contribution in [3.05, 3.63) is 64.7 Å². The largest absolute Gasteiger partial charge is 0.491 e. The van der Waals surface area contributed by atoms with Crippen molar-refractivity contribution in [2.45, 2.75) is 32.9 Å². The summed E-state index contributed by atoms with van der Waals surface area (Å²) in [5.74, 6) is 0.938. The number of nitrogens with one attached hydrogen (secondary N) is 1. The fourth-order valence-electron chi connectivity index (χ4n) is 3.66. The van der Waals surface area contributed by atoms with Gasteiger partial charge in [-0.05, 0) is 30.5 Å². The molecule has 0 aromatic heterocycles. The number of hydrogen-bond donors (Lipinski definition) is 2. The third kappa shape index (κ3) is 5.07. The second-order valence-corrected chi connectivity index (χ2v) is 7.20. The summed E-state index contributed by atoms with van der Waals surface area (Å²) < 4.78 is 11.4. The molecule has 2 aromatic rings. The number of fused-ring (bicyclic) bond motifs is 1. The molecule has 2 atom stereocenters. The first-order valence-corrected chi connectivity index (χ1v) is 9.48. The van der Waals surface area contributed by atoms with Crippen molar-refractivity contribution in [2.24, 2.45) is 0 Å². The molecule has 1 heterocycles. The summed E-state index contributed by atoms with van der Waals surface area (Å²) >= 11 is 0. The lowest BCUT2D eigenvalue weighted by Gasteiger charge is -2.27. The fourth-order valence-corrected chi connectivity index (χ4v) is 3.66. The van der Waals surface area contributed by atoms with E-state index in [2.05, 4.69) is 24.3 Å². The summed E-state index contributed by atoms with van der Waals surface area (Å²) in [5, 5.41) is 10.3. The van der Waals surface area contributed by atoms with E-state index < -0.39 is 6.10 Å². The SMILES string of the molecule is Cc1cccc(C)c1OCCOC[C@@H](O)C[NH+]1CCc2ccccc2C1. The molecule has 140 valence electrons. The lowest BCUT2D eigenvalue weighted by Crippen LogP contribution is -3.12. The van der Waals surface area contributed by atoms with Gasteiger partial charge in [-0.25, -0.2) is 0 Å². The number of ether oxygens (including phenoxy) is 2. The van der Waals surface area contributed by atoms with E-state index in [1.165, 1.54) is 16.0 Å². The normalized spacial score (nSPS) is 17.6. The third-order valence-electron chi connectivity index (χ3n) is 5.02. The van der Waals surface area contributed by atoms with Crippen molar-refractivity contribution >= 4 is 0 Å².